The van der Waals surface area contributed by atoms with Crippen molar-refractivity contribution in [3.8, 4) is 0 Å². The van der Waals surface area contributed by atoms with Crippen molar-refractivity contribution in [1.29, 1.82) is 0 Å². The number of hydrogen-bond acceptors (Lipinski definition) is 2. The van der Waals surface area contributed by atoms with E-state index in [0.29, 0.717) is 12.5 Å². The fourth-order valence-corrected chi connectivity index (χ4v) is 2.84. The Morgan fingerprint density at radius 3 is 2.67 bits per heavy atom. The van der Waals surface area contributed by atoms with Crippen molar-refractivity contribution in [2.45, 2.75) is 19.3 Å². The first-order chi connectivity index (χ1) is 10.3. The lowest BCUT2D eigenvalue weighted by atomic mass is 9.91. The van der Waals surface area contributed by atoms with E-state index in [1.165, 1.54) is 5.56 Å². The summed E-state index contributed by atoms with van der Waals surface area (Å²) in [6.45, 7) is 3.35. The van der Waals surface area contributed by atoms with Gasteiger partial charge in [0.2, 0.25) is 5.91 Å². The topological polar surface area (TPSA) is 32.3 Å². The van der Waals surface area contributed by atoms with Crippen molar-refractivity contribution in [2.75, 3.05) is 23.3 Å². The molecule has 0 saturated heterocycles. The van der Waals surface area contributed by atoms with E-state index in [2.05, 4.69) is 18.3 Å². The third-order valence-corrected chi connectivity index (χ3v) is 4.06. The lowest BCUT2D eigenvalue weighted by molar-refractivity contribution is -0.117. The molecule has 0 bridgehead atoms. The number of fused-ring (bicyclic) bond motifs is 1. The number of para-hydroxylation sites is 2. The molecule has 1 aliphatic heterocycles. The molecule has 3 heteroatoms. The number of anilines is 2. The molecule has 0 fully saturated rings. The van der Waals surface area contributed by atoms with Crippen molar-refractivity contribution in [2.24, 2.45) is 0 Å². The summed E-state index contributed by atoms with van der Waals surface area (Å²) < 4.78 is 0. The highest BCUT2D eigenvalue weighted by Crippen LogP contribution is 2.34. The predicted molar refractivity (Wildman–Crippen MR) is 86.8 cm³/mol. The van der Waals surface area contributed by atoms with Gasteiger partial charge in [-0.1, -0.05) is 43.3 Å². The van der Waals surface area contributed by atoms with Crippen LogP contribution in [0.15, 0.2) is 54.6 Å². The molecule has 3 nitrogen and oxygen atoms in total. The van der Waals surface area contributed by atoms with E-state index in [9.17, 15) is 4.79 Å². The number of nitrogens with one attached hydrogen (secondary N) is 1. The smallest absolute Gasteiger partial charge is 0.246 e. The minimum absolute atomic E-state index is 0.123. The van der Waals surface area contributed by atoms with E-state index >= 15 is 0 Å². The fourth-order valence-electron chi connectivity index (χ4n) is 2.84. The number of benzene rings is 2. The van der Waals surface area contributed by atoms with Gasteiger partial charge in [-0.15, -0.1) is 0 Å². The average molecular weight is 280 g/mol. The van der Waals surface area contributed by atoms with Crippen LogP contribution in [0.4, 0.5) is 11.4 Å². The lowest BCUT2D eigenvalue weighted by Crippen LogP contribution is -2.39. The van der Waals surface area contributed by atoms with Gasteiger partial charge >= 0.3 is 0 Å². The van der Waals surface area contributed by atoms with E-state index in [1.54, 1.807) is 0 Å². The van der Waals surface area contributed by atoms with E-state index in [-0.39, 0.29) is 5.91 Å². The number of nitrogens with zero attached hydrogens (tertiary/aromatic N) is 1. The molecular weight excluding hydrogens is 260 g/mol. The maximum absolute atomic E-state index is 12.5. The Balaban J connectivity index is 1.72. The van der Waals surface area contributed by atoms with Gasteiger partial charge in [0.25, 0.3) is 0 Å². The second-order valence-electron chi connectivity index (χ2n) is 5.51. The van der Waals surface area contributed by atoms with Gasteiger partial charge in [-0.05, 0) is 36.1 Å². The first kappa shape index (κ1) is 13.7. The summed E-state index contributed by atoms with van der Waals surface area (Å²) in [5, 5.41) is 3.19. The number of rotatable bonds is 3. The van der Waals surface area contributed by atoms with Crippen LogP contribution in [0, 0.1) is 0 Å². The Hall–Kier alpha value is -2.29. The molecule has 21 heavy (non-hydrogen) atoms. The quantitative estimate of drug-likeness (QED) is 0.931. The van der Waals surface area contributed by atoms with Gasteiger partial charge in [0.1, 0.15) is 0 Å². The van der Waals surface area contributed by atoms with E-state index in [4.69, 9.17) is 0 Å². The van der Waals surface area contributed by atoms with Gasteiger partial charge in [0.05, 0.1) is 6.54 Å². The van der Waals surface area contributed by atoms with Crippen LogP contribution in [0.5, 0.6) is 0 Å². The Kier molecular flexibility index (Phi) is 3.91. The third kappa shape index (κ3) is 2.92. The summed E-state index contributed by atoms with van der Waals surface area (Å²) in [6.07, 6.45) is 1.02. The van der Waals surface area contributed by atoms with Crippen LogP contribution < -0.4 is 10.2 Å². The average Bonchev–Trinajstić information content (AvgIpc) is 2.54. The summed E-state index contributed by atoms with van der Waals surface area (Å²) in [7, 11) is 0. The molecule has 1 atom stereocenters. The first-order valence-corrected chi connectivity index (χ1v) is 7.44. The summed E-state index contributed by atoms with van der Waals surface area (Å²) in [4.78, 5) is 14.4. The Morgan fingerprint density at radius 2 is 1.86 bits per heavy atom. The van der Waals surface area contributed by atoms with Crippen molar-refractivity contribution in [3.63, 3.8) is 0 Å². The van der Waals surface area contributed by atoms with Crippen LogP contribution in [0.25, 0.3) is 0 Å². The molecule has 0 saturated carbocycles. The van der Waals surface area contributed by atoms with Gasteiger partial charge in [-0.25, -0.2) is 0 Å². The highest BCUT2D eigenvalue weighted by Gasteiger charge is 2.25. The second kappa shape index (κ2) is 6.00. The van der Waals surface area contributed by atoms with Crippen molar-refractivity contribution < 1.29 is 4.79 Å². The Morgan fingerprint density at radius 1 is 1.14 bits per heavy atom. The summed E-state index contributed by atoms with van der Waals surface area (Å²) >= 11 is 0. The zero-order valence-corrected chi connectivity index (χ0v) is 12.3. The molecule has 0 aliphatic carbocycles. The zero-order chi connectivity index (χ0) is 14.7. The van der Waals surface area contributed by atoms with Gasteiger partial charge in [0.15, 0.2) is 0 Å². The molecule has 1 N–H and O–H groups in total. The van der Waals surface area contributed by atoms with E-state index in [1.807, 2.05) is 53.4 Å². The van der Waals surface area contributed by atoms with Gasteiger partial charge in [-0.2, -0.15) is 0 Å². The molecule has 1 unspecified atom stereocenters. The molecule has 1 heterocycles. The van der Waals surface area contributed by atoms with Crippen LogP contribution in [0.1, 0.15) is 24.8 Å². The van der Waals surface area contributed by atoms with Crippen molar-refractivity contribution in [1.82, 2.24) is 0 Å². The van der Waals surface area contributed by atoms with Crippen LogP contribution >= 0.6 is 0 Å². The maximum atomic E-state index is 12.5. The van der Waals surface area contributed by atoms with Crippen LogP contribution in [0.3, 0.4) is 0 Å². The molecule has 2 aromatic carbocycles. The summed E-state index contributed by atoms with van der Waals surface area (Å²) in [5.74, 6) is 0.644. The van der Waals surface area contributed by atoms with Crippen molar-refractivity contribution >= 4 is 17.3 Å². The molecule has 1 aliphatic rings. The highest BCUT2D eigenvalue weighted by molar-refractivity contribution is 5.97. The first-order valence-electron chi connectivity index (χ1n) is 7.44. The monoisotopic (exact) mass is 280 g/mol. The molecule has 2 aromatic rings. The van der Waals surface area contributed by atoms with E-state index < -0.39 is 0 Å². The van der Waals surface area contributed by atoms with Crippen LogP contribution in [-0.4, -0.2) is 19.0 Å². The van der Waals surface area contributed by atoms with E-state index in [0.717, 1.165) is 24.3 Å². The third-order valence-electron chi connectivity index (χ3n) is 4.06. The van der Waals surface area contributed by atoms with Crippen molar-refractivity contribution in [3.05, 3.63) is 60.2 Å². The van der Waals surface area contributed by atoms with Gasteiger partial charge in [0, 0.05) is 17.9 Å². The molecule has 0 spiro atoms. The fraction of sp³-hybridized carbons (Fsp3) is 0.278. The maximum Gasteiger partial charge on any atom is 0.246 e. The van der Waals surface area contributed by atoms with Crippen LogP contribution in [-0.2, 0) is 4.79 Å². The minimum atomic E-state index is 0.123. The number of carbonyl (C=O) groups is 1. The molecule has 1 amide bonds. The van der Waals surface area contributed by atoms with Gasteiger partial charge < -0.3 is 10.2 Å². The van der Waals surface area contributed by atoms with Gasteiger partial charge in [-0.3, -0.25) is 4.79 Å². The largest absolute Gasteiger partial charge is 0.376 e. The SMILES string of the molecule is CC1CCN(C(=O)CNc2ccccc2)c2ccccc21. The standard InChI is InChI=1S/C18H20N2O/c1-14-11-12-20(17-10-6-5-9-16(14)17)18(21)13-19-15-7-3-2-4-8-15/h2-10,14,19H,11-13H2,1H3. The predicted octanol–water partition coefficient (Wildman–Crippen LogP) is 3.64. The molecule has 0 radical (unpaired) electrons. The molecule has 108 valence electrons. The number of amides is 1. The summed E-state index contributed by atoms with van der Waals surface area (Å²) in [5.41, 5.74) is 3.32. The number of carbonyl (C=O) groups excluding carboxylic acids is 1. The normalized spacial score (nSPS) is 17.2. The number of hydrogen-bond donors (Lipinski definition) is 1. The second-order valence-corrected chi connectivity index (χ2v) is 5.51. The molecule has 0 aromatic heterocycles. The lowest BCUT2D eigenvalue weighted by Gasteiger charge is -2.33. The van der Waals surface area contributed by atoms with Crippen LogP contribution in [0.2, 0.25) is 0 Å². The minimum Gasteiger partial charge on any atom is -0.376 e. The molecule has 3 rings (SSSR count). The zero-order valence-electron chi connectivity index (χ0n) is 12.3. The highest BCUT2D eigenvalue weighted by atomic mass is 16.2. The summed E-state index contributed by atoms with van der Waals surface area (Å²) in [6, 6.07) is 18.1. The Bertz CT molecular complexity index is 624. The molecular formula is C18H20N2O. The Labute approximate surface area is 125 Å².